The minimum Gasteiger partial charge on any atom is -0.299 e. The van der Waals surface area contributed by atoms with Crippen molar-refractivity contribution in [1.29, 1.82) is 0 Å². The molecule has 78 valence electrons. The van der Waals surface area contributed by atoms with Crippen molar-refractivity contribution in [3.63, 3.8) is 0 Å². The van der Waals surface area contributed by atoms with E-state index in [1.807, 2.05) is 0 Å². The molecule has 3 atom stereocenters. The number of Topliss-reactive ketones (excluding diaryl/α,β-unsaturated/α-hetero) is 1. The molecular weight excluding hydrogens is 172 g/mol. The monoisotopic (exact) mass is 192 g/mol. The molecule has 0 spiro atoms. The van der Waals surface area contributed by atoms with Crippen LogP contribution in [0.15, 0.2) is 12.2 Å². The van der Waals surface area contributed by atoms with E-state index in [9.17, 15) is 4.79 Å². The van der Waals surface area contributed by atoms with Gasteiger partial charge < -0.3 is 0 Å². The molecule has 0 saturated heterocycles. The van der Waals surface area contributed by atoms with Gasteiger partial charge in [0.05, 0.1) is 0 Å². The van der Waals surface area contributed by atoms with Crippen molar-refractivity contribution in [2.75, 3.05) is 0 Å². The Morgan fingerprint density at radius 3 is 2.79 bits per heavy atom. The zero-order valence-electron chi connectivity index (χ0n) is 9.31. The highest BCUT2D eigenvalue weighted by Crippen LogP contribution is 2.51. The summed E-state index contributed by atoms with van der Waals surface area (Å²) in [6, 6.07) is 0. The molecule has 0 amide bonds. The van der Waals surface area contributed by atoms with Crippen LogP contribution in [-0.4, -0.2) is 5.78 Å². The molecule has 2 aliphatic carbocycles. The van der Waals surface area contributed by atoms with Crippen molar-refractivity contribution >= 4 is 5.78 Å². The average molecular weight is 192 g/mol. The van der Waals surface area contributed by atoms with E-state index in [-0.39, 0.29) is 5.41 Å². The van der Waals surface area contributed by atoms with Crippen LogP contribution in [0.2, 0.25) is 0 Å². The van der Waals surface area contributed by atoms with Crippen LogP contribution in [0.3, 0.4) is 0 Å². The van der Waals surface area contributed by atoms with E-state index in [2.05, 4.69) is 20.4 Å². The zero-order chi connectivity index (χ0) is 10.3. The molecule has 0 unspecified atom stereocenters. The fourth-order valence-corrected chi connectivity index (χ4v) is 3.48. The molecule has 0 aliphatic heterocycles. The molecule has 0 heterocycles. The Morgan fingerprint density at radius 2 is 2.07 bits per heavy atom. The molecule has 0 N–H and O–H groups in total. The first kappa shape index (κ1) is 9.95. The summed E-state index contributed by atoms with van der Waals surface area (Å²) < 4.78 is 0. The largest absolute Gasteiger partial charge is 0.299 e. The number of hydrogen-bond acceptors (Lipinski definition) is 1. The van der Waals surface area contributed by atoms with Crippen molar-refractivity contribution in [3.05, 3.63) is 12.2 Å². The van der Waals surface area contributed by atoms with Gasteiger partial charge in [-0.1, -0.05) is 26.0 Å². The molecule has 0 radical (unpaired) electrons. The van der Waals surface area contributed by atoms with Gasteiger partial charge in [0.25, 0.3) is 0 Å². The third kappa shape index (κ3) is 1.34. The SMILES string of the molecule is C=C1CC[C@@H](C)[C@@H]2CCC(=O)[C@]2(C)C1. The van der Waals surface area contributed by atoms with E-state index in [1.54, 1.807) is 0 Å². The van der Waals surface area contributed by atoms with E-state index in [4.69, 9.17) is 0 Å². The predicted octanol–water partition coefficient (Wildman–Crippen LogP) is 3.35. The molecule has 2 fully saturated rings. The number of hydrogen-bond donors (Lipinski definition) is 0. The quantitative estimate of drug-likeness (QED) is 0.538. The summed E-state index contributed by atoms with van der Waals surface area (Å²) in [5.41, 5.74) is 1.23. The summed E-state index contributed by atoms with van der Waals surface area (Å²) in [7, 11) is 0. The number of allylic oxidation sites excluding steroid dienone is 1. The van der Waals surface area contributed by atoms with Crippen LogP contribution in [0.4, 0.5) is 0 Å². The second kappa shape index (κ2) is 3.22. The fourth-order valence-electron chi connectivity index (χ4n) is 3.48. The number of rotatable bonds is 0. The van der Waals surface area contributed by atoms with Crippen LogP contribution in [0.5, 0.6) is 0 Å². The highest BCUT2D eigenvalue weighted by molar-refractivity contribution is 5.87. The molecule has 1 heteroatoms. The van der Waals surface area contributed by atoms with Crippen molar-refractivity contribution in [2.45, 2.75) is 46.0 Å². The summed E-state index contributed by atoms with van der Waals surface area (Å²) in [5.74, 6) is 1.80. The molecular formula is C13H20O. The summed E-state index contributed by atoms with van der Waals surface area (Å²) in [4.78, 5) is 11.9. The number of fused-ring (bicyclic) bond motifs is 1. The summed E-state index contributed by atoms with van der Waals surface area (Å²) in [6.45, 7) is 8.57. The number of carbonyl (C=O) groups is 1. The van der Waals surface area contributed by atoms with Crippen LogP contribution >= 0.6 is 0 Å². The molecule has 0 bridgehead atoms. The van der Waals surface area contributed by atoms with Crippen LogP contribution in [0.25, 0.3) is 0 Å². The van der Waals surface area contributed by atoms with E-state index in [0.29, 0.717) is 17.6 Å². The third-order valence-corrected chi connectivity index (χ3v) is 4.40. The smallest absolute Gasteiger partial charge is 0.139 e. The first-order valence-corrected chi connectivity index (χ1v) is 5.74. The van der Waals surface area contributed by atoms with Gasteiger partial charge in [0.15, 0.2) is 0 Å². The Bertz CT molecular complexity index is 279. The third-order valence-electron chi connectivity index (χ3n) is 4.40. The zero-order valence-corrected chi connectivity index (χ0v) is 9.31. The van der Waals surface area contributed by atoms with Gasteiger partial charge in [0, 0.05) is 11.8 Å². The molecule has 2 saturated carbocycles. The minimum absolute atomic E-state index is 0.0625. The summed E-state index contributed by atoms with van der Waals surface area (Å²) in [6.07, 6.45) is 5.22. The van der Waals surface area contributed by atoms with Crippen LogP contribution in [-0.2, 0) is 4.79 Å². The predicted molar refractivity (Wildman–Crippen MR) is 58.0 cm³/mol. The topological polar surface area (TPSA) is 17.1 Å². The molecule has 14 heavy (non-hydrogen) atoms. The Hall–Kier alpha value is -0.590. The fraction of sp³-hybridized carbons (Fsp3) is 0.769. The Morgan fingerprint density at radius 1 is 1.36 bits per heavy atom. The number of ketones is 1. The molecule has 0 aromatic heterocycles. The molecule has 1 nitrogen and oxygen atoms in total. The minimum atomic E-state index is -0.0625. The normalized spacial score (nSPS) is 43.6. The second-order valence-electron chi connectivity index (χ2n) is 5.43. The Labute approximate surface area is 86.6 Å². The van der Waals surface area contributed by atoms with Gasteiger partial charge in [-0.3, -0.25) is 4.79 Å². The lowest BCUT2D eigenvalue weighted by Gasteiger charge is -2.31. The molecule has 0 aromatic carbocycles. The summed E-state index contributed by atoms with van der Waals surface area (Å²) in [5, 5.41) is 0. The lowest BCUT2D eigenvalue weighted by Crippen LogP contribution is -2.31. The Kier molecular flexibility index (Phi) is 2.29. The van der Waals surface area contributed by atoms with Gasteiger partial charge in [0.1, 0.15) is 5.78 Å². The lowest BCUT2D eigenvalue weighted by molar-refractivity contribution is -0.126. The lowest BCUT2D eigenvalue weighted by atomic mass is 9.71. The number of carbonyl (C=O) groups excluding carboxylic acids is 1. The van der Waals surface area contributed by atoms with Gasteiger partial charge in [-0.15, -0.1) is 0 Å². The van der Waals surface area contributed by atoms with Crippen molar-refractivity contribution in [2.24, 2.45) is 17.3 Å². The van der Waals surface area contributed by atoms with E-state index >= 15 is 0 Å². The van der Waals surface area contributed by atoms with Crippen molar-refractivity contribution in [1.82, 2.24) is 0 Å². The van der Waals surface area contributed by atoms with Crippen LogP contribution in [0, 0.1) is 17.3 Å². The van der Waals surface area contributed by atoms with Gasteiger partial charge >= 0.3 is 0 Å². The van der Waals surface area contributed by atoms with E-state index < -0.39 is 0 Å². The maximum absolute atomic E-state index is 11.9. The van der Waals surface area contributed by atoms with Gasteiger partial charge in [-0.05, 0) is 37.5 Å². The summed E-state index contributed by atoms with van der Waals surface area (Å²) >= 11 is 0. The van der Waals surface area contributed by atoms with Crippen molar-refractivity contribution in [3.8, 4) is 0 Å². The van der Waals surface area contributed by atoms with Gasteiger partial charge in [-0.2, -0.15) is 0 Å². The molecule has 0 aromatic rings. The standard InChI is InChI=1S/C13H20O/c1-9-4-5-10(2)11-6-7-12(14)13(11,3)8-9/h10-11H,1,4-8H2,2-3H3/t10-,11+,13-/m1/s1. The first-order valence-electron chi connectivity index (χ1n) is 5.74. The van der Waals surface area contributed by atoms with E-state index in [1.165, 1.54) is 12.0 Å². The molecule has 2 rings (SSSR count). The highest BCUT2D eigenvalue weighted by Gasteiger charge is 2.48. The maximum Gasteiger partial charge on any atom is 0.139 e. The highest BCUT2D eigenvalue weighted by atomic mass is 16.1. The van der Waals surface area contributed by atoms with Crippen molar-refractivity contribution < 1.29 is 4.79 Å². The average Bonchev–Trinajstić information content (AvgIpc) is 2.33. The first-order chi connectivity index (χ1) is 6.54. The second-order valence-corrected chi connectivity index (χ2v) is 5.43. The molecule has 2 aliphatic rings. The Balaban J connectivity index is 2.33. The van der Waals surface area contributed by atoms with E-state index in [0.717, 1.165) is 25.7 Å². The van der Waals surface area contributed by atoms with Crippen LogP contribution in [0.1, 0.15) is 46.0 Å². The maximum atomic E-state index is 11.9. The van der Waals surface area contributed by atoms with Crippen LogP contribution < -0.4 is 0 Å². The van der Waals surface area contributed by atoms with Gasteiger partial charge in [-0.25, -0.2) is 0 Å². The van der Waals surface area contributed by atoms with Gasteiger partial charge in [0.2, 0.25) is 0 Å².